The van der Waals surface area contributed by atoms with Crippen LogP contribution in [0.15, 0.2) is 42.6 Å². The van der Waals surface area contributed by atoms with E-state index in [-0.39, 0.29) is 0 Å². The normalized spacial score (nSPS) is 12.4. The molecule has 1 N–H and O–H groups in total. The lowest BCUT2D eigenvalue weighted by atomic mass is 10.0. The van der Waals surface area contributed by atoms with Crippen LogP contribution in [0.4, 0.5) is 0 Å². The van der Waals surface area contributed by atoms with E-state index in [0.717, 1.165) is 22.4 Å². The van der Waals surface area contributed by atoms with Gasteiger partial charge in [0.2, 0.25) is 0 Å². The number of aliphatic hydroxyl groups excluding tert-OH is 1. The quantitative estimate of drug-likeness (QED) is 0.832. The Morgan fingerprint density at radius 3 is 2.44 bits per heavy atom. The Morgan fingerprint density at radius 1 is 1.12 bits per heavy atom. The molecule has 2 heteroatoms. The molecule has 2 aromatic rings. The van der Waals surface area contributed by atoms with Crippen molar-refractivity contribution in [2.45, 2.75) is 20.0 Å². The van der Waals surface area contributed by atoms with E-state index in [0.29, 0.717) is 0 Å². The fourth-order valence-electron chi connectivity index (χ4n) is 1.81. The van der Waals surface area contributed by atoms with Crippen molar-refractivity contribution in [3.8, 4) is 0 Å². The van der Waals surface area contributed by atoms with Gasteiger partial charge in [-0.2, -0.15) is 0 Å². The number of aryl methyl sites for hydroxylation is 2. The summed E-state index contributed by atoms with van der Waals surface area (Å²) in [6, 6.07) is 11.6. The number of hydrogen-bond acceptors (Lipinski definition) is 2. The summed E-state index contributed by atoms with van der Waals surface area (Å²) in [5, 5.41) is 10.2. The molecule has 0 aliphatic carbocycles. The van der Waals surface area contributed by atoms with Crippen LogP contribution in [-0.4, -0.2) is 10.1 Å². The van der Waals surface area contributed by atoms with Gasteiger partial charge in [0, 0.05) is 6.20 Å². The van der Waals surface area contributed by atoms with Crippen molar-refractivity contribution in [2.75, 3.05) is 0 Å². The SMILES string of the molecule is Cc1cnc(C(O)c2ccccc2)c(C)c1. The second-order valence-electron chi connectivity index (χ2n) is 4.03. The van der Waals surface area contributed by atoms with Crippen molar-refractivity contribution in [2.24, 2.45) is 0 Å². The molecule has 1 aromatic carbocycles. The zero-order valence-corrected chi connectivity index (χ0v) is 9.51. The molecule has 0 saturated heterocycles. The van der Waals surface area contributed by atoms with Crippen LogP contribution in [0.3, 0.4) is 0 Å². The Hall–Kier alpha value is -1.67. The van der Waals surface area contributed by atoms with Crippen LogP contribution in [0.5, 0.6) is 0 Å². The van der Waals surface area contributed by atoms with Crippen LogP contribution in [0.1, 0.15) is 28.5 Å². The van der Waals surface area contributed by atoms with E-state index in [1.54, 1.807) is 6.20 Å². The van der Waals surface area contributed by atoms with Gasteiger partial charge in [-0.15, -0.1) is 0 Å². The number of rotatable bonds is 2. The first-order valence-corrected chi connectivity index (χ1v) is 5.34. The highest BCUT2D eigenvalue weighted by Gasteiger charge is 2.13. The van der Waals surface area contributed by atoms with Crippen molar-refractivity contribution in [1.29, 1.82) is 0 Å². The minimum absolute atomic E-state index is 0.637. The molecule has 1 heterocycles. The predicted molar refractivity (Wildman–Crippen MR) is 64.2 cm³/mol. The third-order valence-corrected chi connectivity index (χ3v) is 2.63. The van der Waals surface area contributed by atoms with Crippen molar-refractivity contribution in [1.82, 2.24) is 4.98 Å². The Bertz CT molecular complexity index is 479. The molecule has 1 unspecified atom stereocenters. The number of aliphatic hydroxyl groups is 1. The van der Waals surface area contributed by atoms with E-state index in [4.69, 9.17) is 0 Å². The highest BCUT2D eigenvalue weighted by Crippen LogP contribution is 2.22. The van der Waals surface area contributed by atoms with E-state index < -0.39 is 6.10 Å². The molecule has 0 bridgehead atoms. The minimum Gasteiger partial charge on any atom is -0.382 e. The number of hydrogen-bond donors (Lipinski definition) is 1. The van der Waals surface area contributed by atoms with Crippen LogP contribution < -0.4 is 0 Å². The summed E-state index contributed by atoms with van der Waals surface area (Å²) in [5.41, 5.74) is 3.75. The molecular weight excluding hydrogens is 198 g/mol. The lowest BCUT2D eigenvalue weighted by molar-refractivity contribution is 0.214. The maximum atomic E-state index is 10.2. The average Bonchev–Trinajstić information content (AvgIpc) is 2.29. The topological polar surface area (TPSA) is 33.1 Å². The number of nitrogens with zero attached hydrogens (tertiary/aromatic N) is 1. The molecule has 2 nitrogen and oxygen atoms in total. The standard InChI is InChI=1S/C14H15NO/c1-10-8-11(2)13(15-9-10)14(16)12-6-4-3-5-7-12/h3-9,14,16H,1-2H3. The van der Waals surface area contributed by atoms with Gasteiger partial charge in [0.1, 0.15) is 6.10 Å². The summed E-state index contributed by atoms with van der Waals surface area (Å²) in [4.78, 5) is 4.30. The lowest BCUT2D eigenvalue weighted by Crippen LogP contribution is -2.04. The maximum Gasteiger partial charge on any atom is 0.121 e. The molecular formula is C14H15NO. The van der Waals surface area contributed by atoms with Crippen molar-refractivity contribution in [3.63, 3.8) is 0 Å². The van der Waals surface area contributed by atoms with Crippen molar-refractivity contribution in [3.05, 3.63) is 65.0 Å². The highest BCUT2D eigenvalue weighted by molar-refractivity contribution is 5.31. The molecule has 1 aromatic heterocycles. The van der Waals surface area contributed by atoms with Crippen LogP contribution in [-0.2, 0) is 0 Å². The molecule has 0 aliphatic rings. The zero-order chi connectivity index (χ0) is 11.5. The minimum atomic E-state index is -0.637. The number of benzene rings is 1. The first-order chi connectivity index (χ1) is 7.68. The summed E-state index contributed by atoms with van der Waals surface area (Å²) < 4.78 is 0. The summed E-state index contributed by atoms with van der Waals surface area (Å²) in [7, 11) is 0. The first-order valence-electron chi connectivity index (χ1n) is 5.34. The van der Waals surface area contributed by atoms with Crippen molar-refractivity contribution < 1.29 is 5.11 Å². The van der Waals surface area contributed by atoms with E-state index in [9.17, 15) is 5.11 Å². The predicted octanol–water partition coefficient (Wildman–Crippen LogP) is 2.78. The van der Waals surface area contributed by atoms with Crippen molar-refractivity contribution >= 4 is 0 Å². The smallest absolute Gasteiger partial charge is 0.121 e. The summed E-state index contributed by atoms with van der Waals surface area (Å²) in [5.74, 6) is 0. The lowest BCUT2D eigenvalue weighted by Gasteiger charge is -2.13. The molecule has 0 radical (unpaired) electrons. The van der Waals surface area contributed by atoms with Gasteiger partial charge in [-0.05, 0) is 30.5 Å². The average molecular weight is 213 g/mol. The van der Waals surface area contributed by atoms with E-state index in [1.165, 1.54) is 0 Å². The largest absolute Gasteiger partial charge is 0.382 e. The van der Waals surface area contributed by atoms with E-state index in [2.05, 4.69) is 4.98 Å². The molecule has 0 fully saturated rings. The monoisotopic (exact) mass is 213 g/mol. The Labute approximate surface area is 95.6 Å². The fraction of sp³-hybridized carbons (Fsp3) is 0.214. The summed E-state index contributed by atoms with van der Waals surface area (Å²) in [6.07, 6.45) is 1.15. The maximum absolute atomic E-state index is 10.2. The molecule has 0 amide bonds. The first kappa shape index (κ1) is 10.8. The molecule has 2 rings (SSSR count). The Balaban J connectivity index is 2.38. The molecule has 0 saturated carbocycles. The van der Waals surface area contributed by atoms with Crippen LogP contribution >= 0.6 is 0 Å². The second kappa shape index (κ2) is 4.45. The molecule has 0 spiro atoms. The van der Waals surface area contributed by atoms with Gasteiger partial charge in [-0.25, -0.2) is 0 Å². The van der Waals surface area contributed by atoms with Crippen LogP contribution in [0, 0.1) is 13.8 Å². The van der Waals surface area contributed by atoms with Gasteiger partial charge in [0.05, 0.1) is 5.69 Å². The Morgan fingerprint density at radius 2 is 1.81 bits per heavy atom. The molecule has 82 valence electrons. The molecule has 16 heavy (non-hydrogen) atoms. The van der Waals surface area contributed by atoms with E-state index in [1.807, 2.05) is 50.2 Å². The van der Waals surface area contributed by atoms with Gasteiger partial charge in [0.25, 0.3) is 0 Å². The number of pyridine rings is 1. The van der Waals surface area contributed by atoms with E-state index >= 15 is 0 Å². The van der Waals surface area contributed by atoms with Gasteiger partial charge < -0.3 is 5.11 Å². The third kappa shape index (κ3) is 2.12. The van der Waals surface area contributed by atoms with Crippen LogP contribution in [0.25, 0.3) is 0 Å². The fourth-order valence-corrected chi connectivity index (χ4v) is 1.81. The molecule has 1 atom stereocenters. The second-order valence-corrected chi connectivity index (χ2v) is 4.03. The zero-order valence-electron chi connectivity index (χ0n) is 9.51. The highest BCUT2D eigenvalue weighted by atomic mass is 16.3. The summed E-state index contributed by atoms with van der Waals surface area (Å²) >= 11 is 0. The third-order valence-electron chi connectivity index (χ3n) is 2.63. The summed E-state index contributed by atoms with van der Waals surface area (Å²) in [6.45, 7) is 3.97. The van der Waals surface area contributed by atoms with Gasteiger partial charge in [-0.1, -0.05) is 36.4 Å². The van der Waals surface area contributed by atoms with Gasteiger partial charge >= 0.3 is 0 Å². The van der Waals surface area contributed by atoms with Gasteiger partial charge in [0.15, 0.2) is 0 Å². The van der Waals surface area contributed by atoms with Crippen LogP contribution in [0.2, 0.25) is 0 Å². The Kier molecular flexibility index (Phi) is 3.02. The number of aromatic nitrogens is 1. The van der Waals surface area contributed by atoms with Gasteiger partial charge in [-0.3, -0.25) is 4.98 Å². The molecule has 0 aliphatic heterocycles.